The molecule has 0 radical (unpaired) electrons. The van der Waals surface area contributed by atoms with Crippen molar-refractivity contribution in [1.29, 1.82) is 0 Å². The number of aromatic nitrogens is 1. The molecule has 0 unspecified atom stereocenters. The van der Waals surface area contributed by atoms with Gasteiger partial charge in [0.25, 0.3) is 0 Å². The Morgan fingerprint density at radius 2 is 1.34 bits per heavy atom. The van der Waals surface area contributed by atoms with E-state index in [1.165, 1.54) is 47.5 Å². The Bertz CT molecular complexity index is 1820. The van der Waals surface area contributed by atoms with Crippen LogP contribution >= 0.6 is 0 Å². The van der Waals surface area contributed by atoms with E-state index >= 15 is 0 Å². The molecule has 44 heavy (non-hydrogen) atoms. The molecule has 0 atom stereocenters. The number of rotatable bonds is 7. The molecular formula is C34H30FN3O5S. The minimum atomic E-state index is -4.13. The Morgan fingerprint density at radius 3 is 1.98 bits per heavy atom. The number of hydrogen-bond acceptors (Lipinski definition) is 8. The predicted octanol–water partition coefficient (Wildman–Crippen LogP) is 6.00. The fourth-order valence-electron chi connectivity index (χ4n) is 5.76. The lowest BCUT2D eigenvalue weighted by atomic mass is 9.96. The zero-order chi connectivity index (χ0) is 30.1. The standard InChI is InChI=1S/C34H30FN3O5S/c35-27-13-11-26(12-14-27)32-36-33(44(39,40)28-15-16-29-30(23-28)42-22-21-41-29)34(43-32)38-19-17-37(18-20-38)31(24-7-3-1-4-8-24)25-9-5-2-6-10-25/h1-16,23,31H,17-22H2. The summed E-state index contributed by atoms with van der Waals surface area (Å²) in [5.41, 5.74) is 2.85. The van der Waals surface area contributed by atoms with Crippen molar-refractivity contribution in [2.45, 2.75) is 16.0 Å². The maximum absolute atomic E-state index is 14.1. The minimum absolute atomic E-state index is 0.0220. The Labute approximate surface area is 255 Å². The van der Waals surface area contributed by atoms with Crippen molar-refractivity contribution >= 4 is 15.7 Å². The number of piperazine rings is 1. The van der Waals surface area contributed by atoms with Gasteiger partial charge in [0, 0.05) is 37.8 Å². The highest BCUT2D eigenvalue weighted by molar-refractivity contribution is 7.91. The van der Waals surface area contributed by atoms with E-state index in [0.717, 1.165) is 0 Å². The molecule has 7 rings (SSSR count). The molecule has 0 aliphatic carbocycles. The van der Waals surface area contributed by atoms with Crippen molar-refractivity contribution < 1.29 is 26.7 Å². The molecule has 0 spiro atoms. The van der Waals surface area contributed by atoms with Gasteiger partial charge in [-0.25, -0.2) is 12.8 Å². The molecule has 3 heterocycles. The molecule has 224 valence electrons. The van der Waals surface area contributed by atoms with Crippen molar-refractivity contribution in [1.82, 2.24) is 9.88 Å². The number of halogens is 1. The molecule has 1 fully saturated rings. The third-order valence-electron chi connectivity index (χ3n) is 7.95. The Morgan fingerprint density at radius 1 is 0.727 bits per heavy atom. The first-order valence-corrected chi connectivity index (χ1v) is 16.0. The quantitative estimate of drug-likeness (QED) is 0.222. The van der Waals surface area contributed by atoms with Gasteiger partial charge in [-0.3, -0.25) is 4.90 Å². The zero-order valence-electron chi connectivity index (χ0n) is 23.8. The number of oxazole rings is 1. The maximum Gasteiger partial charge on any atom is 0.236 e. The van der Waals surface area contributed by atoms with Crippen molar-refractivity contribution in [3.8, 4) is 23.0 Å². The summed E-state index contributed by atoms with van der Waals surface area (Å²) in [6, 6.07) is 30.9. The monoisotopic (exact) mass is 611 g/mol. The predicted molar refractivity (Wildman–Crippen MR) is 163 cm³/mol. The normalized spacial score (nSPS) is 15.5. The fraction of sp³-hybridized carbons (Fsp3) is 0.206. The zero-order valence-corrected chi connectivity index (χ0v) is 24.6. The van der Waals surface area contributed by atoms with Crippen LogP contribution in [-0.4, -0.2) is 57.7 Å². The second kappa shape index (κ2) is 11.8. The molecule has 0 bridgehead atoms. The van der Waals surface area contributed by atoms with Gasteiger partial charge >= 0.3 is 0 Å². The largest absolute Gasteiger partial charge is 0.486 e. The third kappa shape index (κ3) is 5.42. The number of anilines is 1. The van der Waals surface area contributed by atoms with Crippen LogP contribution in [0.15, 0.2) is 117 Å². The van der Waals surface area contributed by atoms with Gasteiger partial charge in [-0.05, 0) is 47.5 Å². The van der Waals surface area contributed by atoms with Gasteiger partial charge in [-0.1, -0.05) is 60.7 Å². The van der Waals surface area contributed by atoms with Crippen LogP contribution in [0.3, 0.4) is 0 Å². The van der Waals surface area contributed by atoms with Gasteiger partial charge in [0.2, 0.25) is 26.6 Å². The molecule has 0 amide bonds. The van der Waals surface area contributed by atoms with Crippen molar-refractivity contribution in [3.05, 3.63) is 120 Å². The van der Waals surface area contributed by atoms with Crippen LogP contribution in [0.4, 0.5) is 10.3 Å². The molecule has 1 saturated heterocycles. The molecule has 0 saturated carbocycles. The average Bonchev–Trinajstić information content (AvgIpc) is 3.53. The molecule has 2 aliphatic rings. The fourth-order valence-corrected chi connectivity index (χ4v) is 7.10. The summed E-state index contributed by atoms with van der Waals surface area (Å²) < 4.78 is 59.3. The highest BCUT2D eigenvalue weighted by atomic mass is 32.2. The van der Waals surface area contributed by atoms with Crippen molar-refractivity contribution in [3.63, 3.8) is 0 Å². The van der Waals surface area contributed by atoms with E-state index in [4.69, 9.17) is 13.9 Å². The summed E-state index contributed by atoms with van der Waals surface area (Å²) in [6.07, 6.45) is 0. The summed E-state index contributed by atoms with van der Waals surface area (Å²) in [6.45, 7) is 3.07. The van der Waals surface area contributed by atoms with E-state index in [1.54, 1.807) is 6.07 Å². The number of sulfone groups is 1. The Hall–Kier alpha value is -4.67. The van der Waals surface area contributed by atoms with Crippen LogP contribution in [0.2, 0.25) is 0 Å². The smallest absolute Gasteiger partial charge is 0.236 e. The molecular weight excluding hydrogens is 581 g/mol. The summed E-state index contributed by atoms with van der Waals surface area (Å²) in [5.74, 6) is 0.708. The summed E-state index contributed by atoms with van der Waals surface area (Å²) in [5, 5.41) is -0.190. The summed E-state index contributed by atoms with van der Waals surface area (Å²) >= 11 is 0. The van der Waals surface area contributed by atoms with Gasteiger partial charge in [-0.2, -0.15) is 4.98 Å². The molecule has 4 aromatic carbocycles. The maximum atomic E-state index is 14.1. The van der Waals surface area contributed by atoms with Gasteiger partial charge in [-0.15, -0.1) is 0 Å². The highest BCUT2D eigenvalue weighted by Crippen LogP contribution is 2.39. The van der Waals surface area contributed by atoms with E-state index < -0.39 is 15.7 Å². The number of fused-ring (bicyclic) bond motifs is 1. The van der Waals surface area contributed by atoms with Crippen LogP contribution < -0.4 is 14.4 Å². The van der Waals surface area contributed by atoms with Gasteiger partial charge < -0.3 is 18.8 Å². The van der Waals surface area contributed by atoms with E-state index in [9.17, 15) is 12.8 Å². The van der Waals surface area contributed by atoms with Crippen LogP contribution in [0, 0.1) is 5.82 Å². The third-order valence-corrected chi connectivity index (χ3v) is 9.60. The molecule has 2 aliphatic heterocycles. The van der Waals surface area contributed by atoms with Crippen LogP contribution in [-0.2, 0) is 9.84 Å². The Kier molecular flexibility index (Phi) is 7.53. The lowest BCUT2D eigenvalue weighted by molar-refractivity contribution is 0.171. The van der Waals surface area contributed by atoms with Crippen molar-refractivity contribution in [2.75, 3.05) is 44.3 Å². The second-order valence-electron chi connectivity index (χ2n) is 10.7. The van der Waals surface area contributed by atoms with Crippen molar-refractivity contribution in [2.24, 2.45) is 0 Å². The van der Waals surface area contributed by atoms with E-state index in [-0.39, 0.29) is 27.7 Å². The first-order chi connectivity index (χ1) is 21.5. The van der Waals surface area contributed by atoms with E-state index in [1.807, 2.05) is 41.3 Å². The van der Waals surface area contributed by atoms with Gasteiger partial charge in [0.15, 0.2) is 11.5 Å². The first-order valence-electron chi connectivity index (χ1n) is 14.5. The molecule has 8 nitrogen and oxygen atoms in total. The second-order valence-corrected chi connectivity index (χ2v) is 12.6. The number of ether oxygens (including phenoxy) is 2. The van der Waals surface area contributed by atoms with Gasteiger partial charge in [0.1, 0.15) is 19.0 Å². The molecule has 5 aromatic rings. The molecule has 0 N–H and O–H groups in total. The van der Waals surface area contributed by atoms with Gasteiger partial charge in [0.05, 0.1) is 10.9 Å². The lowest BCUT2D eigenvalue weighted by Crippen LogP contribution is -2.48. The van der Waals surface area contributed by atoms with Crippen LogP contribution in [0.25, 0.3) is 11.5 Å². The summed E-state index contributed by atoms with van der Waals surface area (Å²) in [4.78, 5) is 8.83. The lowest BCUT2D eigenvalue weighted by Gasteiger charge is -2.39. The summed E-state index contributed by atoms with van der Waals surface area (Å²) in [7, 11) is -4.13. The SMILES string of the molecule is O=S(=O)(c1ccc2c(c1)OCCO2)c1nc(-c2ccc(F)cc2)oc1N1CCN(C(c2ccccc2)c2ccccc2)CC1. The Balaban J connectivity index is 1.23. The van der Waals surface area contributed by atoms with E-state index in [0.29, 0.717) is 56.5 Å². The topological polar surface area (TPSA) is 85.1 Å². The molecule has 1 aromatic heterocycles. The van der Waals surface area contributed by atoms with Crippen LogP contribution in [0.5, 0.6) is 11.5 Å². The number of hydrogen-bond donors (Lipinski definition) is 0. The average molecular weight is 612 g/mol. The minimum Gasteiger partial charge on any atom is -0.486 e. The number of benzene rings is 4. The van der Waals surface area contributed by atoms with E-state index in [2.05, 4.69) is 34.1 Å². The van der Waals surface area contributed by atoms with Crippen LogP contribution in [0.1, 0.15) is 17.2 Å². The highest BCUT2D eigenvalue weighted by Gasteiger charge is 2.35. The molecule has 10 heteroatoms. The first kappa shape index (κ1) is 28.1. The number of nitrogens with zero attached hydrogens (tertiary/aromatic N) is 3.